The minimum Gasteiger partial charge on any atom is -0.317 e. The van der Waals surface area contributed by atoms with Gasteiger partial charge in [-0.05, 0) is 38.8 Å². The number of carbonyl (C=O) groups excluding carboxylic acids is 2. The van der Waals surface area contributed by atoms with Crippen LogP contribution in [0.2, 0.25) is 0 Å². The Morgan fingerprint density at radius 2 is 1.76 bits per heavy atom. The maximum Gasteiger partial charge on any atom is 0.232 e. The van der Waals surface area contributed by atoms with Crippen LogP contribution in [0.25, 0.3) is 0 Å². The molecule has 0 radical (unpaired) electrons. The Morgan fingerprint density at radius 3 is 2.18 bits per heavy atom. The molecule has 1 fully saturated rings. The molecule has 1 heterocycles. The fraction of sp³-hybridized carbons (Fsp3) is 0.846. The molecular weight excluding hydrogens is 216 g/mol. The van der Waals surface area contributed by atoms with Crippen molar-refractivity contribution in [2.75, 3.05) is 13.1 Å². The lowest BCUT2D eigenvalue weighted by atomic mass is 9.98. The second-order valence-corrected chi connectivity index (χ2v) is 4.72. The molecule has 1 N–H and O–H groups in total. The molecule has 1 aliphatic rings. The van der Waals surface area contributed by atoms with Crippen molar-refractivity contribution in [2.45, 2.75) is 52.5 Å². The van der Waals surface area contributed by atoms with Crippen LogP contribution in [0.1, 0.15) is 46.5 Å². The van der Waals surface area contributed by atoms with E-state index >= 15 is 0 Å². The van der Waals surface area contributed by atoms with E-state index < -0.39 is 0 Å². The largest absolute Gasteiger partial charge is 0.317 e. The van der Waals surface area contributed by atoms with Crippen LogP contribution in [0.5, 0.6) is 0 Å². The molecule has 17 heavy (non-hydrogen) atoms. The second-order valence-electron chi connectivity index (χ2n) is 4.72. The van der Waals surface area contributed by atoms with E-state index in [0.29, 0.717) is 0 Å². The smallest absolute Gasteiger partial charge is 0.232 e. The molecule has 2 amide bonds. The van der Waals surface area contributed by atoms with Gasteiger partial charge in [-0.3, -0.25) is 14.5 Å². The van der Waals surface area contributed by atoms with Gasteiger partial charge in [0.25, 0.3) is 0 Å². The molecule has 0 aromatic rings. The molecule has 0 aromatic carbocycles. The summed E-state index contributed by atoms with van der Waals surface area (Å²) in [5.41, 5.74) is 0. The molecule has 1 aliphatic heterocycles. The normalized spacial score (nSPS) is 17.2. The zero-order valence-electron chi connectivity index (χ0n) is 11.2. The van der Waals surface area contributed by atoms with Crippen molar-refractivity contribution in [3.05, 3.63) is 0 Å². The first-order valence-corrected chi connectivity index (χ1v) is 6.66. The highest BCUT2D eigenvalue weighted by atomic mass is 16.2. The minimum absolute atomic E-state index is 0.00575. The van der Waals surface area contributed by atoms with Gasteiger partial charge in [-0.2, -0.15) is 0 Å². The van der Waals surface area contributed by atoms with Crippen LogP contribution in [0.15, 0.2) is 0 Å². The van der Waals surface area contributed by atoms with Crippen molar-refractivity contribution in [1.29, 1.82) is 0 Å². The average Bonchev–Trinajstić information content (AvgIpc) is 2.31. The molecule has 0 bridgehead atoms. The molecule has 0 saturated carbocycles. The zero-order chi connectivity index (χ0) is 12.8. The number of amides is 2. The van der Waals surface area contributed by atoms with Gasteiger partial charge in [-0.25, -0.2) is 0 Å². The molecule has 0 spiro atoms. The molecular formula is C13H24N2O2. The number of imide groups is 1. The summed E-state index contributed by atoms with van der Waals surface area (Å²) in [5, 5.41) is 3.26. The molecule has 0 atom stereocenters. The van der Waals surface area contributed by atoms with E-state index in [2.05, 4.69) is 5.32 Å². The van der Waals surface area contributed by atoms with E-state index in [0.717, 1.165) is 38.8 Å². The first kappa shape index (κ1) is 14.2. The monoisotopic (exact) mass is 240 g/mol. The third kappa shape index (κ3) is 3.53. The van der Waals surface area contributed by atoms with Gasteiger partial charge in [-0.15, -0.1) is 0 Å². The predicted molar refractivity (Wildman–Crippen MR) is 67.5 cm³/mol. The summed E-state index contributed by atoms with van der Waals surface area (Å²) in [7, 11) is 0. The van der Waals surface area contributed by atoms with E-state index in [1.54, 1.807) is 0 Å². The van der Waals surface area contributed by atoms with Gasteiger partial charge >= 0.3 is 0 Å². The first-order valence-electron chi connectivity index (χ1n) is 6.66. The Bertz CT molecular complexity index is 269. The van der Waals surface area contributed by atoms with Crippen molar-refractivity contribution in [3.63, 3.8) is 0 Å². The topological polar surface area (TPSA) is 49.4 Å². The summed E-state index contributed by atoms with van der Waals surface area (Å²) < 4.78 is 0. The van der Waals surface area contributed by atoms with E-state index in [1.807, 2.05) is 13.8 Å². The van der Waals surface area contributed by atoms with Crippen LogP contribution < -0.4 is 5.32 Å². The van der Waals surface area contributed by atoms with Gasteiger partial charge in [0.05, 0.1) is 0 Å². The maximum atomic E-state index is 12.3. The zero-order valence-corrected chi connectivity index (χ0v) is 11.2. The summed E-state index contributed by atoms with van der Waals surface area (Å²) in [6, 6.07) is 0.0989. The number of rotatable bonds is 4. The van der Waals surface area contributed by atoms with E-state index in [9.17, 15) is 9.59 Å². The number of carbonyl (C=O) groups is 2. The van der Waals surface area contributed by atoms with Crippen LogP contribution in [-0.2, 0) is 9.59 Å². The van der Waals surface area contributed by atoms with Gasteiger partial charge in [-0.1, -0.05) is 13.8 Å². The lowest BCUT2D eigenvalue weighted by Crippen LogP contribution is -2.50. The van der Waals surface area contributed by atoms with Crippen molar-refractivity contribution in [1.82, 2.24) is 10.2 Å². The Kier molecular flexibility index (Phi) is 5.62. The Morgan fingerprint density at radius 1 is 1.24 bits per heavy atom. The number of nitrogens with zero attached hydrogens (tertiary/aromatic N) is 1. The van der Waals surface area contributed by atoms with Crippen LogP contribution >= 0.6 is 0 Å². The van der Waals surface area contributed by atoms with E-state index in [-0.39, 0.29) is 23.8 Å². The van der Waals surface area contributed by atoms with E-state index in [4.69, 9.17) is 0 Å². The number of piperidine rings is 1. The van der Waals surface area contributed by atoms with Crippen LogP contribution in [0.3, 0.4) is 0 Å². The van der Waals surface area contributed by atoms with Crippen molar-refractivity contribution in [2.24, 2.45) is 5.92 Å². The van der Waals surface area contributed by atoms with Crippen LogP contribution in [0.4, 0.5) is 0 Å². The molecule has 1 saturated heterocycles. The Balaban J connectivity index is 2.76. The lowest BCUT2D eigenvalue weighted by molar-refractivity contribution is -0.150. The standard InChI is InChI=1S/C13H24N2O2/c1-4-11(5-2)13(17)15(10(3)16)12-6-8-14-9-7-12/h11-12,14H,4-9H2,1-3H3. The van der Waals surface area contributed by atoms with Gasteiger partial charge in [0, 0.05) is 18.9 Å². The minimum atomic E-state index is -0.103. The SMILES string of the molecule is CCC(CC)C(=O)N(C(C)=O)C1CCNCC1. The fourth-order valence-electron chi connectivity index (χ4n) is 2.49. The van der Waals surface area contributed by atoms with E-state index in [1.165, 1.54) is 11.8 Å². The van der Waals surface area contributed by atoms with Crippen LogP contribution in [-0.4, -0.2) is 35.8 Å². The maximum absolute atomic E-state index is 12.3. The second kappa shape index (κ2) is 6.74. The van der Waals surface area contributed by atoms with Gasteiger partial charge in [0.15, 0.2) is 0 Å². The molecule has 4 heteroatoms. The Labute approximate surface area is 104 Å². The summed E-state index contributed by atoms with van der Waals surface area (Å²) in [5.74, 6) is -0.0861. The summed E-state index contributed by atoms with van der Waals surface area (Å²) >= 11 is 0. The van der Waals surface area contributed by atoms with Gasteiger partial charge in [0.1, 0.15) is 0 Å². The lowest BCUT2D eigenvalue weighted by Gasteiger charge is -2.34. The third-order valence-electron chi connectivity index (χ3n) is 3.59. The van der Waals surface area contributed by atoms with Gasteiger partial charge in [0.2, 0.25) is 11.8 Å². The fourth-order valence-corrected chi connectivity index (χ4v) is 2.49. The molecule has 0 aromatic heterocycles. The molecule has 98 valence electrons. The predicted octanol–water partition coefficient (Wildman–Crippen LogP) is 1.55. The summed E-state index contributed by atoms with van der Waals surface area (Å²) in [6.45, 7) is 7.30. The average molecular weight is 240 g/mol. The molecule has 0 unspecified atom stereocenters. The van der Waals surface area contributed by atoms with Crippen molar-refractivity contribution >= 4 is 11.8 Å². The highest BCUT2D eigenvalue weighted by Gasteiger charge is 2.31. The summed E-state index contributed by atoms with van der Waals surface area (Å²) in [4.78, 5) is 25.5. The van der Waals surface area contributed by atoms with Crippen molar-refractivity contribution < 1.29 is 9.59 Å². The molecule has 1 rings (SSSR count). The number of hydrogen-bond donors (Lipinski definition) is 1. The van der Waals surface area contributed by atoms with Gasteiger partial charge < -0.3 is 5.32 Å². The number of nitrogens with one attached hydrogen (secondary N) is 1. The number of hydrogen-bond acceptors (Lipinski definition) is 3. The molecule has 4 nitrogen and oxygen atoms in total. The highest BCUT2D eigenvalue weighted by molar-refractivity contribution is 5.95. The quantitative estimate of drug-likeness (QED) is 0.811. The first-order chi connectivity index (χ1) is 8.11. The molecule has 0 aliphatic carbocycles. The third-order valence-corrected chi connectivity index (χ3v) is 3.59. The van der Waals surface area contributed by atoms with Crippen LogP contribution in [0, 0.1) is 5.92 Å². The highest BCUT2D eigenvalue weighted by Crippen LogP contribution is 2.19. The summed E-state index contributed by atoms with van der Waals surface area (Å²) in [6.07, 6.45) is 3.38. The Hall–Kier alpha value is -0.900. The van der Waals surface area contributed by atoms with Crippen molar-refractivity contribution in [3.8, 4) is 0 Å².